The molecular formula is C19H24N6O. The number of aromatic amines is 1. The highest BCUT2D eigenvalue weighted by Crippen LogP contribution is 2.23. The van der Waals surface area contributed by atoms with Crippen molar-refractivity contribution in [2.75, 3.05) is 39.1 Å². The number of aromatic nitrogens is 3. The maximum absolute atomic E-state index is 11.6. The number of imidazole rings is 1. The van der Waals surface area contributed by atoms with Crippen LogP contribution in [0.1, 0.15) is 16.8 Å². The second-order valence-electron chi connectivity index (χ2n) is 6.63. The molecule has 0 aliphatic rings. The van der Waals surface area contributed by atoms with Crippen LogP contribution >= 0.6 is 0 Å². The van der Waals surface area contributed by atoms with E-state index in [9.17, 15) is 4.79 Å². The Morgan fingerprint density at radius 1 is 1.15 bits per heavy atom. The topological polar surface area (TPSA) is 91.1 Å². The summed E-state index contributed by atoms with van der Waals surface area (Å²) in [6, 6.07) is 9.30. The van der Waals surface area contributed by atoms with Gasteiger partial charge in [-0.3, -0.25) is 4.79 Å². The van der Waals surface area contributed by atoms with Gasteiger partial charge >= 0.3 is 0 Å². The van der Waals surface area contributed by atoms with Crippen molar-refractivity contribution in [3.63, 3.8) is 0 Å². The van der Waals surface area contributed by atoms with Crippen molar-refractivity contribution in [1.29, 1.82) is 0 Å². The first kappa shape index (κ1) is 17.9. The first-order valence-corrected chi connectivity index (χ1v) is 8.56. The molecule has 2 heterocycles. The van der Waals surface area contributed by atoms with Crippen LogP contribution in [0.3, 0.4) is 0 Å². The Labute approximate surface area is 152 Å². The third-order valence-corrected chi connectivity index (χ3v) is 4.29. The van der Waals surface area contributed by atoms with Crippen molar-refractivity contribution in [2.24, 2.45) is 5.73 Å². The second kappa shape index (κ2) is 7.53. The number of para-hydroxylation sites is 1. The van der Waals surface area contributed by atoms with Crippen LogP contribution in [0.4, 0.5) is 5.82 Å². The van der Waals surface area contributed by atoms with Gasteiger partial charge in [-0.15, -0.1) is 0 Å². The Morgan fingerprint density at radius 3 is 2.62 bits per heavy atom. The van der Waals surface area contributed by atoms with E-state index in [-0.39, 0.29) is 0 Å². The summed E-state index contributed by atoms with van der Waals surface area (Å²) >= 11 is 0. The summed E-state index contributed by atoms with van der Waals surface area (Å²) in [5, 5.41) is 0. The van der Waals surface area contributed by atoms with E-state index in [0.29, 0.717) is 16.9 Å². The quantitative estimate of drug-likeness (QED) is 0.679. The summed E-state index contributed by atoms with van der Waals surface area (Å²) in [4.78, 5) is 28.2. The fourth-order valence-corrected chi connectivity index (χ4v) is 2.86. The number of pyridine rings is 1. The van der Waals surface area contributed by atoms with Crippen LogP contribution in [-0.4, -0.2) is 60.0 Å². The van der Waals surface area contributed by atoms with Crippen LogP contribution in [0.5, 0.6) is 0 Å². The lowest BCUT2D eigenvalue weighted by atomic mass is 10.2. The standard InChI is InChI=1S/C19H24N6O/c1-24(2)10-5-11-25(3)16-9-8-13(12-21-16)19-22-15-7-4-6-14(18(20)26)17(15)23-19/h4,6-9,12H,5,10-11H2,1-3H3,(H2,20,26)(H,22,23). The van der Waals surface area contributed by atoms with Gasteiger partial charge in [0.25, 0.3) is 5.91 Å². The number of primary amides is 1. The van der Waals surface area contributed by atoms with Crippen LogP contribution in [0.15, 0.2) is 36.5 Å². The Balaban J connectivity index is 1.79. The van der Waals surface area contributed by atoms with E-state index in [4.69, 9.17) is 5.73 Å². The van der Waals surface area contributed by atoms with Gasteiger partial charge in [-0.05, 0) is 51.3 Å². The number of rotatable bonds is 7. The minimum atomic E-state index is -0.485. The van der Waals surface area contributed by atoms with Crippen LogP contribution in [-0.2, 0) is 0 Å². The molecule has 0 fully saturated rings. The van der Waals surface area contributed by atoms with Gasteiger partial charge in [0.2, 0.25) is 0 Å². The van der Waals surface area contributed by atoms with Crippen LogP contribution in [0.2, 0.25) is 0 Å². The summed E-state index contributed by atoms with van der Waals surface area (Å²) in [6.45, 7) is 1.99. The number of anilines is 1. The highest BCUT2D eigenvalue weighted by Gasteiger charge is 2.12. The number of hydrogen-bond donors (Lipinski definition) is 2. The molecule has 3 rings (SSSR count). The molecule has 7 heteroatoms. The monoisotopic (exact) mass is 352 g/mol. The predicted molar refractivity (Wildman–Crippen MR) is 104 cm³/mol. The molecule has 1 aromatic carbocycles. The molecule has 136 valence electrons. The zero-order chi connectivity index (χ0) is 18.7. The number of fused-ring (bicyclic) bond motifs is 1. The van der Waals surface area contributed by atoms with Crippen LogP contribution in [0, 0.1) is 0 Å². The van der Waals surface area contributed by atoms with Crippen molar-refractivity contribution in [1.82, 2.24) is 19.9 Å². The Kier molecular flexibility index (Phi) is 5.18. The molecule has 0 saturated heterocycles. The molecule has 0 aliphatic heterocycles. The minimum absolute atomic E-state index is 0.412. The lowest BCUT2D eigenvalue weighted by Crippen LogP contribution is -2.23. The van der Waals surface area contributed by atoms with Crippen molar-refractivity contribution in [3.05, 3.63) is 42.1 Å². The van der Waals surface area contributed by atoms with E-state index in [1.54, 1.807) is 18.3 Å². The molecule has 3 aromatic rings. The minimum Gasteiger partial charge on any atom is -0.366 e. The number of amides is 1. The number of nitrogens with one attached hydrogen (secondary N) is 1. The molecule has 26 heavy (non-hydrogen) atoms. The Morgan fingerprint density at radius 2 is 1.96 bits per heavy atom. The zero-order valence-corrected chi connectivity index (χ0v) is 15.4. The summed E-state index contributed by atoms with van der Waals surface area (Å²) in [7, 11) is 6.19. The Bertz CT molecular complexity index is 900. The zero-order valence-electron chi connectivity index (χ0n) is 15.4. The molecule has 0 radical (unpaired) electrons. The molecular weight excluding hydrogens is 328 g/mol. The fourth-order valence-electron chi connectivity index (χ4n) is 2.86. The van der Waals surface area contributed by atoms with E-state index in [2.05, 4.69) is 38.8 Å². The number of carbonyl (C=O) groups is 1. The third kappa shape index (κ3) is 3.83. The maximum Gasteiger partial charge on any atom is 0.250 e. The number of hydrogen-bond acceptors (Lipinski definition) is 5. The highest BCUT2D eigenvalue weighted by atomic mass is 16.1. The third-order valence-electron chi connectivity index (χ3n) is 4.29. The van der Waals surface area contributed by atoms with Crippen LogP contribution in [0.25, 0.3) is 22.4 Å². The fraction of sp³-hybridized carbons (Fsp3) is 0.316. The van der Waals surface area contributed by atoms with Gasteiger partial charge in [-0.25, -0.2) is 9.97 Å². The lowest BCUT2D eigenvalue weighted by Gasteiger charge is -2.19. The number of nitrogens with zero attached hydrogens (tertiary/aromatic N) is 4. The summed E-state index contributed by atoms with van der Waals surface area (Å²) in [6.07, 6.45) is 2.87. The molecule has 7 nitrogen and oxygen atoms in total. The van der Waals surface area contributed by atoms with Gasteiger partial charge in [0.15, 0.2) is 0 Å². The van der Waals surface area contributed by atoms with Crippen molar-refractivity contribution < 1.29 is 4.79 Å². The molecule has 2 aromatic heterocycles. The van der Waals surface area contributed by atoms with Crippen LogP contribution < -0.4 is 10.6 Å². The Hall–Kier alpha value is -2.93. The van der Waals surface area contributed by atoms with Gasteiger partial charge < -0.3 is 20.5 Å². The summed E-state index contributed by atoms with van der Waals surface area (Å²) in [5.74, 6) is 1.10. The molecule has 0 atom stereocenters. The summed E-state index contributed by atoms with van der Waals surface area (Å²) < 4.78 is 0. The number of H-pyrrole nitrogens is 1. The van der Waals surface area contributed by atoms with Gasteiger partial charge in [0.1, 0.15) is 17.2 Å². The first-order valence-electron chi connectivity index (χ1n) is 8.56. The van der Waals surface area contributed by atoms with E-state index >= 15 is 0 Å². The average Bonchev–Trinajstić information content (AvgIpc) is 3.05. The van der Waals surface area contributed by atoms with E-state index in [1.807, 2.05) is 25.2 Å². The van der Waals surface area contributed by atoms with Gasteiger partial charge in [-0.1, -0.05) is 6.07 Å². The van der Waals surface area contributed by atoms with Crippen molar-refractivity contribution >= 4 is 22.8 Å². The molecule has 1 amide bonds. The molecule has 0 saturated carbocycles. The lowest BCUT2D eigenvalue weighted by molar-refractivity contribution is 0.100. The first-order chi connectivity index (χ1) is 12.5. The molecule has 0 aliphatic carbocycles. The normalized spacial score (nSPS) is 11.2. The van der Waals surface area contributed by atoms with Crippen molar-refractivity contribution in [2.45, 2.75) is 6.42 Å². The predicted octanol–water partition coefficient (Wildman–Crippen LogP) is 2.11. The smallest absolute Gasteiger partial charge is 0.250 e. The van der Waals surface area contributed by atoms with E-state index in [0.717, 1.165) is 36.4 Å². The highest BCUT2D eigenvalue weighted by molar-refractivity contribution is 6.04. The number of carbonyl (C=O) groups excluding carboxylic acids is 1. The maximum atomic E-state index is 11.6. The molecule has 3 N–H and O–H groups in total. The second-order valence-corrected chi connectivity index (χ2v) is 6.63. The SMILES string of the molecule is CN(C)CCCN(C)c1ccc(-c2nc3c(C(N)=O)cccc3[nH]2)cn1. The molecule has 0 bridgehead atoms. The van der Waals surface area contributed by atoms with Gasteiger partial charge in [-0.2, -0.15) is 0 Å². The van der Waals surface area contributed by atoms with E-state index < -0.39 is 5.91 Å². The van der Waals surface area contributed by atoms with Crippen molar-refractivity contribution in [3.8, 4) is 11.4 Å². The van der Waals surface area contributed by atoms with E-state index in [1.165, 1.54) is 0 Å². The average molecular weight is 352 g/mol. The van der Waals surface area contributed by atoms with Gasteiger partial charge in [0, 0.05) is 25.4 Å². The molecule has 0 spiro atoms. The summed E-state index contributed by atoms with van der Waals surface area (Å²) in [5.41, 5.74) is 8.06. The van der Waals surface area contributed by atoms with Gasteiger partial charge in [0.05, 0.1) is 11.1 Å². The largest absolute Gasteiger partial charge is 0.366 e. The molecule has 0 unspecified atom stereocenters. The number of benzene rings is 1. The number of nitrogens with two attached hydrogens (primary N) is 1.